The third-order valence-corrected chi connectivity index (χ3v) is 2.21. The van der Waals surface area contributed by atoms with Crippen LogP contribution in [0.15, 0.2) is 0 Å². The molecule has 0 aromatic heterocycles. The third-order valence-electron chi connectivity index (χ3n) is 2.21. The van der Waals surface area contributed by atoms with Gasteiger partial charge in [0.05, 0.1) is 13.2 Å². The zero-order valence-corrected chi connectivity index (χ0v) is 9.58. The zero-order chi connectivity index (χ0) is 11.8. The summed E-state index contributed by atoms with van der Waals surface area (Å²) < 4.78 is 4.54. The van der Waals surface area contributed by atoms with Gasteiger partial charge in [-0.25, -0.2) is 0 Å². The van der Waals surface area contributed by atoms with Crippen LogP contribution >= 0.6 is 0 Å². The summed E-state index contributed by atoms with van der Waals surface area (Å²) in [7, 11) is 1.36. The Morgan fingerprint density at radius 2 is 2.07 bits per heavy atom. The lowest BCUT2D eigenvalue weighted by atomic mass is 10.1. The Labute approximate surface area is 90.4 Å². The quantitative estimate of drug-likeness (QED) is 0.589. The maximum absolute atomic E-state index is 10.9. The average molecular weight is 216 g/mol. The fraction of sp³-hybridized carbons (Fsp3) is 0.800. The van der Waals surface area contributed by atoms with E-state index in [-0.39, 0.29) is 23.8 Å². The molecule has 1 amide bonds. The molecule has 0 saturated heterocycles. The Morgan fingerprint density at radius 3 is 2.47 bits per heavy atom. The van der Waals surface area contributed by atoms with E-state index in [1.54, 1.807) is 0 Å². The number of primary amides is 1. The molecule has 3 N–H and O–H groups in total. The molecule has 0 saturated carbocycles. The highest BCUT2D eigenvalue weighted by Gasteiger charge is 2.14. The minimum absolute atomic E-state index is 0.130. The number of methoxy groups -OCH3 is 1. The lowest BCUT2D eigenvalue weighted by Gasteiger charge is -2.16. The molecule has 0 aliphatic rings. The number of carbonyl (C=O) groups is 2. The highest BCUT2D eigenvalue weighted by Crippen LogP contribution is 2.02. The predicted molar refractivity (Wildman–Crippen MR) is 57.1 cm³/mol. The summed E-state index contributed by atoms with van der Waals surface area (Å²) in [5.74, 6) is -0.468. The molecule has 0 aromatic carbocycles. The van der Waals surface area contributed by atoms with Crippen molar-refractivity contribution in [2.75, 3.05) is 13.7 Å². The van der Waals surface area contributed by atoms with Gasteiger partial charge in [-0.2, -0.15) is 0 Å². The Balaban J connectivity index is 3.82. The number of nitrogens with two attached hydrogens (primary N) is 1. The highest BCUT2D eigenvalue weighted by molar-refractivity contribution is 5.79. The Kier molecular flexibility index (Phi) is 6.70. The van der Waals surface area contributed by atoms with Crippen LogP contribution in [-0.4, -0.2) is 31.6 Å². The molecule has 0 aliphatic heterocycles. The average Bonchev–Trinajstić information content (AvgIpc) is 2.17. The van der Waals surface area contributed by atoms with Gasteiger partial charge in [0.2, 0.25) is 5.91 Å². The largest absolute Gasteiger partial charge is 0.469 e. The van der Waals surface area contributed by atoms with E-state index >= 15 is 0 Å². The number of esters is 1. The van der Waals surface area contributed by atoms with Gasteiger partial charge in [0, 0.05) is 6.42 Å². The van der Waals surface area contributed by atoms with Crippen molar-refractivity contribution >= 4 is 11.9 Å². The topological polar surface area (TPSA) is 81.4 Å². The normalized spacial score (nSPS) is 14.3. The first-order chi connectivity index (χ1) is 7.01. The molecule has 0 radical (unpaired) electrons. The van der Waals surface area contributed by atoms with E-state index in [1.165, 1.54) is 7.11 Å². The van der Waals surface area contributed by atoms with Gasteiger partial charge in [0.25, 0.3) is 0 Å². The molecule has 0 aromatic rings. The van der Waals surface area contributed by atoms with Gasteiger partial charge in [-0.1, -0.05) is 13.8 Å². The number of nitrogens with one attached hydrogen (secondary N) is 1. The summed E-state index contributed by atoms with van der Waals surface area (Å²) in [6.45, 7) is 4.38. The van der Waals surface area contributed by atoms with E-state index in [0.29, 0.717) is 19.4 Å². The Hall–Kier alpha value is -1.10. The van der Waals surface area contributed by atoms with Crippen LogP contribution in [0.2, 0.25) is 0 Å². The molecular formula is C10H20N2O3. The van der Waals surface area contributed by atoms with Crippen molar-refractivity contribution in [3.05, 3.63) is 0 Å². The number of rotatable bonds is 7. The van der Waals surface area contributed by atoms with Crippen LogP contribution in [0, 0.1) is 5.92 Å². The molecule has 15 heavy (non-hydrogen) atoms. The molecule has 2 atom stereocenters. The molecule has 0 rings (SSSR count). The molecule has 0 spiro atoms. The fourth-order valence-electron chi connectivity index (χ4n) is 1.23. The van der Waals surface area contributed by atoms with Crippen LogP contribution < -0.4 is 11.1 Å². The van der Waals surface area contributed by atoms with Crippen molar-refractivity contribution in [2.45, 2.75) is 32.7 Å². The molecule has 5 nitrogen and oxygen atoms in total. The molecule has 88 valence electrons. The van der Waals surface area contributed by atoms with E-state index in [2.05, 4.69) is 10.1 Å². The standard InChI is InChI=1S/C10H20N2O3/c1-4-8(10(11)14)12-6-7(2)5-9(13)15-3/h7-8,12H,4-6H2,1-3H3,(H2,11,14)/t7?,8-/m0/s1. The maximum Gasteiger partial charge on any atom is 0.305 e. The summed E-state index contributed by atoms with van der Waals surface area (Å²) >= 11 is 0. The lowest BCUT2D eigenvalue weighted by Crippen LogP contribution is -2.42. The summed E-state index contributed by atoms with van der Waals surface area (Å²) in [6, 6.07) is -0.315. The first-order valence-corrected chi connectivity index (χ1v) is 5.10. The van der Waals surface area contributed by atoms with Crippen molar-refractivity contribution < 1.29 is 14.3 Å². The van der Waals surface area contributed by atoms with Gasteiger partial charge < -0.3 is 15.8 Å². The molecular weight excluding hydrogens is 196 g/mol. The van der Waals surface area contributed by atoms with Crippen LogP contribution in [0.1, 0.15) is 26.7 Å². The molecule has 5 heteroatoms. The second-order valence-corrected chi connectivity index (χ2v) is 3.66. The summed E-state index contributed by atoms with van der Waals surface area (Å²) in [6.07, 6.45) is 0.999. The van der Waals surface area contributed by atoms with Gasteiger partial charge in [-0.05, 0) is 18.9 Å². The third kappa shape index (κ3) is 6.06. The van der Waals surface area contributed by atoms with Crippen LogP contribution in [-0.2, 0) is 14.3 Å². The van der Waals surface area contributed by atoms with Gasteiger partial charge in [-0.15, -0.1) is 0 Å². The van der Waals surface area contributed by atoms with Crippen molar-refractivity contribution in [3.63, 3.8) is 0 Å². The summed E-state index contributed by atoms with van der Waals surface area (Å²) in [5, 5.41) is 3.02. The molecule has 0 fully saturated rings. The number of amides is 1. The van der Waals surface area contributed by atoms with Crippen LogP contribution in [0.3, 0.4) is 0 Å². The van der Waals surface area contributed by atoms with Crippen LogP contribution in [0.25, 0.3) is 0 Å². The number of hydrogen-bond donors (Lipinski definition) is 2. The SMILES string of the molecule is CC[C@H](NCC(C)CC(=O)OC)C(N)=O. The lowest BCUT2D eigenvalue weighted by molar-refractivity contribution is -0.141. The van der Waals surface area contributed by atoms with Gasteiger partial charge >= 0.3 is 5.97 Å². The first-order valence-electron chi connectivity index (χ1n) is 5.10. The van der Waals surface area contributed by atoms with Crippen LogP contribution in [0.5, 0.6) is 0 Å². The predicted octanol–water partition coefficient (Wildman–Crippen LogP) is 0.0391. The molecule has 0 heterocycles. The monoisotopic (exact) mass is 216 g/mol. The highest BCUT2D eigenvalue weighted by atomic mass is 16.5. The first kappa shape index (κ1) is 13.9. The van der Waals surface area contributed by atoms with Gasteiger partial charge in [0.15, 0.2) is 0 Å². The Morgan fingerprint density at radius 1 is 1.47 bits per heavy atom. The smallest absolute Gasteiger partial charge is 0.305 e. The minimum atomic E-state index is -0.359. The molecule has 0 aliphatic carbocycles. The molecule has 0 bridgehead atoms. The van der Waals surface area contributed by atoms with Crippen molar-refractivity contribution in [1.29, 1.82) is 0 Å². The van der Waals surface area contributed by atoms with E-state index in [4.69, 9.17) is 5.73 Å². The maximum atomic E-state index is 10.9. The van der Waals surface area contributed by atoms with E-state index < -0.39 is 0 Å². The number of hydrogen-bond acceptors (Lipinski definition) is 4. The summed E-state index contributed by atoms with van der Waals surface area (Å²) in [5.41, 5.74) is 5.17. The van der Waals surface area contributed by atoms with Crippen molar-refractivity contribution in [1.82, 2.24) is 5.32 Å². The second-order valence-electron chi connectivity index (χ2n) is 3.66. The van der Waals surface area contributed by atoms with Crippen molar-refractivity contribution in [3.8, 4) is 0 Å². The van der Waals surface area contributed by atoms with E-state index in [0.717, 1.165) is 0 Å². The van der Waals surface area contributed by atoms with Gasteiger partial charge in [-0.3, -0.25) is 9.59 Å². The fourth-order valence-corrected chi connectivity index (χ4v) is 1.23. The summed E-state index contributed by atoms with van der Waals surface area (Å²) in [4.78, 5) is 21.8. The van der Waals surface area contributed by atoms with Crippen LogP contribution in [0.4, 0.5) is 0 Å². The van der Waals surface area contributed by atoms with E-state index in [9.17, 15) is 9.59 Å². The zero-order valence-electron chi connectivity index (χ0n) is 9.58. The van der Waals surface area contributed by atoms with Crippen molar-refractivity contribution in [2.24, 2.45) is 11.7 Å². The number of ether oxygens (including phenoxy) is 1. The second kappa shape index (κ2) is 7.23. The molecule has 1 unspecified atom stereocenters. The number of carbonyl (C=O) groups excluding carboxylic acids is 2. The Bertz CT molecular complexity index is 219. The minimum Gasteiger partial charge on any atom is -0.469 e. The van der Waals surface area contributed by atoms with Gasteiger partial charge in [0.1, 0.15) is 0 Å². The van der Waals surface area contributed by atoms with E-state index in [1.807, 2.05) is 13.8 Å².